The molecule has 0 radical (unpaired) electrons. The molecule has 1 aliphatic heterocycles. The van der Waals surface area contributed by atoms with Crippen molar-refractivity contribution < 1.29 is 34.2 Å². The van der Waals surface area contributed by atoms with E-state index in [9.17, 15) is 24.3 Å². The lowest BCUT2D eigenvalue weighted by Gasteiger charge is -2.55. The van der Waals surface area contributed by atoms with Crippen molar-refractivity contribution >= 4 is 34.9 Å². The van der Waals surface area contributed by atoms with E-state index in [1.807, 2.05) is 78.9 Å². The van der Waals surface area contributed by atoms with Crippen molar-refractivity contribution in [3.8, 4) is 5.75 Å². The van der Waals surface area contributed by atoms with Gasteiger partial charge in [0.15, 0.2) is 11.6 Å². The highest BCUT2D eigenvalue weighted by atomic mass is 16.4. The van der Waals surface area contributed by atoms with Crippen molar-refractivity contribution in [3.63, 3.8) is 0 Å². The highest BCUT2D eigenvalue weighted by Gasteiger charge is 2.65. The van der Waals surface area contributed by atoms with Crippen LogP contribution in [0.5, 0.6) is 5.75 Å². The number of allylic oxidation sites excluding steroid dienone is 4. The van der Waals surface area contributed by atoms with Crippen LogP contribution in [-0.4, -0.2) is 51.0 Å². The van der Waals surface area contributed by atoms with Crippen molar-refractivity contribution in [2.45, 2.75) is 56.8 Å². The molecule has 49 heavy (non-hydrogen) atoms. The van der Waals surface area contributed by atoms with Crippen LogP contribution in [0.1, 0.15) is 66.7 Å². The Bertz CT molecular complexity index is 1910. The van der Waals surface area contributed by atoms with Crippen molar-refractivity contribution in [1.29, 1.82) is 0 Å². The molecular formula is C41H39NO7. The number of aromatic hydroxyl groups is 1. The lowest BCUT2D eigenvalue weighted by molar-refractivity contribution is -0.141. The third kappa shape index (κ3) is 5.25. The molecule has 1 heterocycles. The van der Waals surface area contributed by atoms with Crippen LogP contribution in [0.2, 0.25) is 0 Å². The number of aryl methyl sites for hydroxylation is 1. The predicted octanol–water partition coefficient (Wildman–Crippen LogP) is 6.17. The number of benzene rings is 3. The van der Waals surface area contributed by atoms with Crippen molar-refractivity contribution in [2.75, 3.05) is 6.54 Å². The van der Waals surface area contributed by atoms with Gasteiger partial charge in [-0.05, 0) is 72.9 Å². The highest BCUT2D eigenvalue weighted by molar-refractivity contribution is 6.31. The molecule has 1 saturated heterocycles. The highest BCUT2D eigenvalue weighted by Crippen LogP contribution is 2.63. The van der Waals surface area contributed by atoms with Gasteiger partial charge in [0.1, 0.15) is 5.75 Å². The van der Waals surface area contributed by atoms with Crippen molar-refractivity contribution in [1.82, 2.24) is 4.90 Å². The summed E-state index contributed by atoms with van der Waals surface area (Å²) in [7, 11) is 0. The van der Waals surface area contributed by atoms with Crippen molar-refractivity contribution in [3.05, 3.63) is 119 Å². The molecule has 3 aromatic rings. The zero-order valence-electron chi connectivity index (χ0n) is 27.4. The summed E-state index contributed by atoms with van der Waals surface area (Å²) in [6.45, 7) is 2.02. The first-order valence-electron chi connectivity index (χ1n) is 17.1. The summed E-state index contributed by atoms with van der Waals surface area (Å²) in [6, 6.07) is 23.9. The molecule has 2 fully saturated rings. The van der Waals surface area contributed by atoms with Crippen LogP contribution in [0.25, 0.3) is 5.57 Å². The number of carboxylic acids is 1. The Labute approximate surface area is 285 Å². The lowest BCUT2D eigenvalue weighted by atomic mass is 9.44. The van der Waals surface area contributed by atoms with Crippen molar-refractivity contribution in [2.24, 2.45) is 23.7 Å². The molecule has 2 amide bonds. The summed E-state index contributed by atoms with van der Waals surface area (Å²) in [5, 5.41) is 19.5. The maximum absolute atomic E-state index is 15.0. The Morgan fingerprint density at radius 3 is 2.29 bits per heavy atom. The molecule has 4 aliphatic rings. The standard InChI is InChI=1S/C41H39NO7/c1-24-21-26(16-19-33(24)43)37-28-17-18-29-36(40(49)42(39(29)48)20-10-4-9-15-35(45)46)31(28)22-32-38(47)30(25-11-5-2-6-12-25)23-34(44)41(32,37)27-13-7-3-8-14-27/h2-3,5-8,11-14,16-17,19,21,23,29,31-32,36-37,43H,4,9-10,15,18,20,22H2,1H3,(H,45,46). The number of phenols is 1. The fourth-order valence-corrected chi connectivity index (χ4v) is 9.12. The molecule has 8 heteroatoms. The molecule has 7 rings (SSSR count). The minimum absolute atomic E-state index is 0.0390. The van der Waals surface area contributed by atoms with E-state index in [0.717, 1.165) is 16.7 Å². The maximum atomic E-state index is 15.0. The third-order valence-electron chi connectivity index (χ3n) is 11.3. The summed E-state index contributed by atoms with van der Waals surface area (Å²) < 4.78 is 0. The smallest absolute Gasteiger partial charge is 0.303 e. The molecule has 3 aliphatic carbocycles. The van der Waals surface area contributed by atoms with Gasteiger partial charge >= 0.3 is 5.97 Å². The molecule has 0 bridgehead atoms. The molecule has 0 aromatic heterocycles. The Hall–Kier alpha value is -5.11. The second kappa shape index (κ2) is 12.7. The number of amides is 2. The van der Waals surface area contributed by atoms with Gasteiger partial charge in [0.05, 0.1) is 17.3 Å². The number of likely N-dealkylation sites (tertiary alicyclic amines) is 1. The molecule has 0 spiro atoms. The first kappa shape index (κ1) is 32.4. The van der Waals surface area contributed by atoms with Gasteiger partial charge in [-0.3, -0.25) is 28.9 Å². The number of imide groups is 1. The van der Waals surface area contributed by atoms with E-state index in [0.29, 0.717) is 42.4 Å². The van der Waals surface area contributed by atoms with Gasteiger partial charge in [-0.15, -0.1) is 0 Å². The van der Waals surface area contributed by atoms with E-state index in [-0.39, 0.29) is 48.5 Å². The average Bonchev–Trinajstić information content (AvgIpc) is 3.35. The predicted molar refractivity (Wildman–Crippen MR) is 182 cm³/mol. The molecule has 8 nitrogen and oxygen atoms in total. The fourth-order valence-electron chi connectivity index (χ4n) is 9.12. The van der Waals surface area contributed by atoms with Crippen LogP contribution >= 0.6 is 0 Å². The van der Waals surface area contributed by atoms with Gasteiger partial charge in [0.25, 0.3) is 0 Å². The number of hydrogen-bond donors (Lipinski definition) is 2. The summed E-state index contributed by atoms with van der Waals surface area (Å²) in [5.74, 6) is -4.73. The van der Waals surface area contributed by atoms with Gasteiger partial charge in [-0.25, -0.2) is 0 Å². The number of nitrogens with zero attached hydrogens (tertiary/aromatic N) is 1. The minimum atomic E-state index is -1.31. The Balaban J connectivity index is 1.37. The zero-order valence-corrected chi connectivity index (χ0v) is 27.4. The molecule has 3 aromatic carbocycles. The van der Waals surface area contributed by atoms with Crippen LogP contribution in [0, 0.1) is 30.6 Å². The Kier molecular flexibility index (Phi) is 8.43. The van der Waals surface area contributed by atoms with E-state index in [2.05, 4.69) is 0 Å². The second-order valence-corrected chi connectivity index (χ2v) is 13.9. The number of hydrogen-bond acceptors (Lipinski definition) is 6. The molecular weight excluding hydrogens is 618 g/mol. The summed E-state index contributed by atoms with van der Waals surface area (Å²) >= 11 is 0. The number of unbranched alkanes of at least 4 members (excludes halogenated alkanes) is 2. The first-order valence-corrected chi connectivity index (χ1v) is 17.1. The molecule has 6 unspecified atom stereocenters. The van der Waals surface area contributed by atoms with Gasteiger partial charge in [-0.1, -0.05) is 90.9 Å². The van der Waals surface area contributed by atoms with E-state index >= 15 is 4.79 Å². The van der Waals surface area contributed by atoms with E-state index in [1.54, 1.807) is 13.0 Å². The number of aliphatic carboxylic acids is 1. The monoisotopic (exact) mass is 657 g/mol. The second-order valence-electron chi connectivity index (χ2n) is 13.9. The Morgan fingerprint density at radius 2 is 1.59 bits per heavy atom. The molecule has 1 saturated carbocycles. The average molecular weight is 658 g/mol. The number of ketones is 2. The number of rotatable bonds is 9. The number of carbonyl (C=O) groups excluding carboxylic acids is 4. The van der Waals surface area contributed by atoms with Gasteiger partial charge in [-0.2, -0.15) is 0 Å². The maximum Gasteiger partial charge on any atom is 0.303 e. The van der Waals surface area contributed by atoms with Gasteiger partial charge in [0.2, 0.25) is 11.8 Å². The first-order chi connectivity index (χ1) is 23.6. The molecule has 250 valence electrons. The quantitative estimate of drug-likeness (QED) is 0.160. The number of carboxylic acid groups (broad SMARTS) is 1. The van der Waals surface area contributed by atoms with Crippen LogP contribution in [0.15, 0.2) is 96.6 Å². The molecule has 6 atom stereocenters. The lowest BCUT2D eigenvalue weighted by Crippen LogP contribution is -2.58. The minimum Gasteiger partial charge on any atom is -0.508 e. The van der Waals surface area contributed by atoms with E-state index in [4.69, 9.17) is 5.11 Å². The van der Waals surface area contributed by atoms with Crippen LogP contribution in [0.4, 0.5) is 0 Å². The number of fused-ring (bicyclic) bond motifs is 4. The number of carbonyl (C=O) groups is 5. The van der Waals surface area contributed by atoms with E-state index < -0.39 is 41.0 Å². The number of Topliss-reactive ketones (excluding diaryl/α,β-unsaturated/α-hetero) is 1. The van der Waals surface area contributed by atoms with Crippen LogP contribution in [0.3, 0.4) is 0 Å². The molecule has 2 N–H and O–H groups in total. The normalized spacial score (nSPS) is 27.6. The van der Waals surface area contributed by atoms with Crippen LogP contribution in [-0.2, 0) is 29.4 Å². The SMILES string of the molecule is Cc1cc(C2C3=CCC4C(=O)N(CCCCCC(=O)O)C(=O)C4C3CC3C(=O)C(c4ccccc4)=CC(=O)C32c2ccccc2)ccc1O. The largest absolute Gasteiger partial charge is 0.508 e. The topological polar surface area (TPSA) is 129 Å². The fraction of sp³-hybridized carbons (Fsp3) is 0.341. The third-order valence-corrected chi connectivity index (χ3v) is 11.3. The Morgan fingerprint density at radius 1 is 0.878 bits per heavy atom. The van der Waals surface area contributed by atoms with E-state index in [1.165, 1.54) is 11.0 Å². The van der Waals surface area contributed by atoms with Gasteiger partial charge < -0.3 is 10.2 Å². The summed E-state index contributed by atoms with van der Waals surface area (Å²) in [5.41, 5.74) is 2.69. The summed E-state index contributed by atoms with van der Waals surface area (Å²) in [6.07, 6.45) is 5.72. The summed E-state index contributed by atoms with van der Waals surface area (Å²) in [4.78, 5) is 70.3. The zero-order chi connectivity index (χ0) is 34.4. The van der Waals surface area contributed by atoms with Crippen LogP contribution < -0.4 is 0 Å². The number of phenolic OH excluding ortho intramolecular Hbond substituents is 1. The van der Waals surface area contributed by atoms with Gasteiger partial charge in [0, 0.05) is 30.4 Å².